The van der Waals surface area contributed by atoms with Gasteiger partial charge in [0.25, 0.3) is 0 Å². The summed E-state index contributed by atoms with van der Waals surface area (Å²) in [5.74, 6) is -0.915. The number of hydrogen-bond acceptors (Lipinski definition) is 5. The van der Waals surface area contributed by atoms with E-state index in [0.29, 0.717) is 21.8 Å². The fourth-order valence-corrected chi connectivity index (χ4v) is 3.45. The summed E-state index contributed by atoms with van der Waals surface area (Å²) < 4.78 is 18.9. The third kappa shape index (κ3) is 4.45. The quantitative estimate of drug-likeness (QED) is 0.448. The molecule has 2 rings (SSSR count). The van der Waals surface area contributed by atoms with Gasteiger partial charge in [0, 0.05) is 4.75 Å². The summed E-state index contributed by atoms with van der Waals surface area (Å²) in [4.78, 5) is 13.0. The average molecular weight is 362 g/mol. The van der Waals surface area contributed by atoms with Gasteiger partial charge >= 0.3 is 5.97 Å². The number of nitrogens with one attached hydrogen (secondary N) is 1. The number of benzene rings is 2. The summed E-state index contributed by atoms with van der Waals surface area (Å²) in [6.07, 6.45) is 0. The molecule has 0 radical (unpaired) electrons. The summed E-state index contributed by atoms with van der Waals surface area (Å²) in [6, 6.07) is 7.96. The van der Waals surface area contributed by atoms with Gasteiger partial charge in [0.15, 0.2) is 0 Å². The summed E-state index contributed by atoms with van der Waals surface area (Å²) in [6.45, 7) is 7.97. The van der Waals surface area contributed by atoms with E-state index in [1.165, 1.54) is 24.9 Å². The molecule has 0 aliphatic rings. The SMILES string of the molecule is COC(=O)c1cc(C)c(N)c(SC(C)(C)C)c1Nc1ccccc1F. The highest BCUT2D eigenvalue weighted by Crippen LogP contribution is 2.44. The second-order valence-electron chi connectivity index (χ2n) is 6.67. The van der Waals surface area contributed by atoms with Crippen molar-refractivity contribution in [2.45, 2.75) is 37.3 Å². The Morgan fingerprint density at radius 1 is 1.28 bits per heavy atom. The number of nitrogens with two attached hydrogens (primary N) is 1. The highest BCUT2D eigenvalue weighted by Gasteiger charge is 2.25. The Kier molecular flexibility index (Phi) is 5.62. The van der Waals surface area contributed by atoms with Crippen LogP contribution in [0, 0.1) is 12.7 Å². The number of methoxy groups -OCH3 is 1. The zero-order valence-corrected chi connectivity index (χ0v) is 15.9. The van der Waals surface area contributed by atoms with E-state index in [-0.39, 0.29) is 10.4 Å². The van der Waals surface area contributed by atoms with Crippen LogP contribution in [0.2, 0.25) is 0 Å². The molecule has 0 fully saturated rings. The number of ether oxygens (including phenoxy) is 1. The van der Waals surface area contributed by atoms with Gasteiger partial charge in [-0.15, -0.1) is 11.8 Å². The number of rotatable bonds is 4. The molecule has 2 aromatic rings. The third-order valence-electron chi connectivity index (χ3n) is 3.47. The Balaban J connectivity index is 2.69. The Bertz CT molecular complexity index is 801. The van der Waals surface area contributed by atoms with Crippen LogP contribution in [0.15, 0.2) is 35.2 Å². The van der Waals surface area contributed by atoms with Crippen LogP contribution in [0.5, 0.6) is 0 Å². The molecule has 0 atom stereocenters. The van der Waals surface area contributed by atoms with Crippen molar-refractivity contribution >= 4 is 34.8 Å². The third-order valence-corrected chi connectivity index (χ3v) is 4.71. The van der Waals surface area contributed by atoms with E-state index in [1.807, 2.05) is 27.7 Å². The fourth-order valence-electron chi connectivity index (χ4n) is 2.31. The van der Waals surface area contributed by atoms with E-state index in [1.54, 1.807) is 24.3 Å². The topological polar surface area (TPSA) is 64.3 Å². The monoisotopic (exact) mass is 362 g/mol. The molecular weight excluding hydrogens is 339 g/mol. The molecule has 4 nitrogen and oxygen atoms in total. The molecule has 0 spiro atoms. The molecule has 3 N–H and O–H groups in total. The van der Waals surface area contributed by atoms with Gasteiger partial charge in [0.05, 0.1) is 34.6 Å². The first-order valence-electron chi connectivity index (χ1n) is 7.86. The fraction of sp³-hybridized carbons (Fsp3) is 0.316. The summed E-state index contributed by atoms with van der Waals surface area (Å²) in [7, 11) is 1.32. The Labute approximate surface area is 151 Å². The van der Waals surface area contributed by atoms with E-state index in [2.05, 4.69) is 5.32 Å². The van der Waals surface area contributed by atoms with Crippen molar-refractivity contribution < 1.29 is 13.9 Å². The first-order chi connectivity index (χ1) is 11.6. The summed E-state index contributed by atoms with van der Waals surface area (Å²) >= 11 is 1.52. The van der Waals surface area contributed by atoms with Gasteiger partial charge < -0.3 is 15.8 Å². The molecule has 0 bridgehead atoms. The average Bonchev–Trinajstić information content (AvgIpc) is 2.54. The van der Waals surface area contributed by atoms with Gasteiger partial charge in [0.1, 0.15) is 5.82 Å². The highest BCUT2D eigenvalue weighted by atomic mass is 32.2. The van der Waals surface area contributed by atoms with Gasteiger partial charge in [-0.3, -0.25) is 0 Å². The molecule has 0 saturated carbocycles. The standard InChI is InChI=1S/C19H23FN2O2S/c1-11-10-12(18(23)24-5)16(17(15(11)21)25-19(2,3)4)22-14-9-7-6-8-13(14)20/h6-10,22H,21H2,1-5H3. The summed E-state index contributed by atoms with van der Waals surface area (Å²) in [5.41, 5.74) is 8.67. The van der Waals surface area contributed by atoms with E-state index in [4.69, 9.17) is 10.5 Å². The number of anilines is 3. The first-order valence-corrected chi connectivity index (χ1v) is 8.67. The second kappa shape index (κ2) is 7.35. The maximum Gasteiger partial charge on any atom is 0.340 e. The van der Waals surface area contributed by atoms with E-state index in [9.17, 15) is 9.18 Å². The van der Waals surface area contributed by atoms with Crippen molar-refractivity contribution in [3.05, 3.63) is 47.3 Å². The number of carbonyl (C=O) groups excluding carboxylic acids is 1. The van der Waals surface area contributed by atoms with Crippen molar-refractivity contribution in [1.82, 2.24) is 0 Å². The van der Waals surface area contributed by atoms with Crippen molar-refractivity contribution in [2.24, 2.45) is 0 Å². The van der Waals surface area contributed by atoms with Crippen LogP contribution >= 0.6 is 11.8 Å². The number of esters is 1. The van der Waals surface area contributed by atoms with Crippen LogP contribution in [0.4, 0.5) is 21.5 Å². The number of nitrogen functional groups attached to an aromatic ring is 1. The molecule has 0 aliphatic heterocycles. The Hall–Kier alpha value is -2.21. The largest absolute Gasteiger partial charge is 0.465 e. The molecule has 134 valence electrons. The maximum absolute atomic E-state index is 14.1. The van der Waals surface area contributed by atoms with E-state index >= 15 is 0 Å². The molecule has 6 heteroatoms. The lowest BCUT2D eigenvalue weighted by atomic mass is 10.1. The molecule has 0 unspecified atom stereocenters. The van der Waals surface area contributed by atoms with Crippen molar-refractivity contribution in [2.75, 3.05) is 18.2 Å². The zero-order valence-electron chi connectivity index (χ0n) is 15.1. The number of aryl methyl sites for hydroxylation is 1. The Morgan fingerprint density at radius 2 is 1.92 bits per heavy atom. The van der Waals surface area contributed by atoms with Crippen molar-refractivity contribution in [3.63, 3.8) is 0 Å². The predicted molar refractivity (Wildman–Crippen MR) is 102 cm³/mol. The zero-order chi connectivity index (χ0) is 18.8. The lowest BCUT2D eigenvalue weighted by molar-refractivity contribution is 0.0601. The second-order valence-corrected chi connectivity index (χ2v) is 8.51. The molecule has 2 aromatic carbocycles. The van der Waals surface area contributed by atoms with Crippen LogP contribution < -0.4 is 11.1 Å². The number of hydrogen-bond donors (Lipinski definition) is 2. The van der Waals surface area contributed by atoms with Crippen molar-refractivity contribution in [1.29, 1.82) is 0 Å². The number of carbonyl (C=O) groups is 1. The van der Waals surface area contributed by atoms with Crippen LogP contribution in [0.1, 0.15) is 36.7 Å². The lowest BCUT2D eigenvalue weighted by Gasteiger charge is -2.24. The van der Waals surface area contributed by atoms with Crippen molar-refractivity contribution in [3.8, 4) is 0 Å². The normalized spacial score (nSPS) is 11.3. The van der Waals surface area contributed by atoms with Crippen LogP contribution in [0.3, 0.4) is 0 Å². The highest BCUT2D eigenvalue weighted by molar-refractivity contribution is 8.00. The summed E-state index contributed by atoms with van der Waals surface area (Å²) in [5, 5.41) is 3.04. The molecule has 0 aliphatic carbocycles. The van der Waals surface area contributed by atoms with Crippen LogP contribution in [-0.2, 0) is 4.74 Å². The predicted octanol–water partition coefficient (Wildman–Crippen LogP) is 5.14. The number of halogens is 1. The van der Waals surface area contributed by atoms with Crippen LogP contribution in [-0.4, -0.2) is 17.8 Å². The van der Waals surface area contributed by atoms with Crippen LogP contribution in [0.25, 0.3) is 0 Å². The van der Waals surface area contributed by atoms with Gasteiger partial charge in [-0.1, -0.05) is 32.9 Å². The van der Waals surface area contributed by atoms with Gasteiger partial charge in [-0.2, -0.15) is 0 Å². The van der Waals surface area contributed by atoms with Gasteiger partial charge in [0.2, 0.25) is 0 Å². The maximum atomic E-state index is 14.1. The minimum absolute atomic E-state index is 0.152. The number of thioether (sulfide) groups is 1. The van der Waals surface area contributed by atoms with E-state index in [0.717, 1.165) is 5.56 Å². The molecule has 0 heterocycles. The van der Waals surface area contributed by atoms with E-state index < -0.39 is 11.8 Å². The molecule has 25 heavy (non-hydrogen) atoms. The minimum atomic E-state index is -0.502. The molecule has 0 aromatic heterocycles. The lowest BCUT2D eigenvalue weighted by Crippen LogP contribution is -2.13. The number of para-hydroxylation sites is 1. The first kappa shape index (κ1) is 19.1. The van der Waals surface area contributed by atoms with Gasteiger partial charge in [-0.05, 0) is 30.7 Å². The molecule has 0 saturated heterocycles. The molecular formula is C19H23FN2O2S. The van der Waals surface area contributed by atoms with Gasteiger partial charge in [-0.25, -0.2) is 9.18 Å². The smallest absolute Gasteiger partial charge is 0.340 e. The Morgan fingerprint density at radius 3 is 2.48 bits per heavy atom. The molecule has 0 amide bonds. The minimum Gasteiger partial charge on any atom is -0.465 e.